The molecule has 1 aromatic carbocycles. The van der Waals surface area contributed by atoms with Gasteiger partial charge in [0.2, 0.25) is 11.8 Å². The van der Waals surface area contributed by atoms with E-state index in [4.69, 9.17) is 5.73 Å². The molecule has 5 heteroatoms. The third kappa shape index (κ3) is 5.25. The molecule has 0 aromatic heterocycles. The van der Waals surface area contributed by atoms with Crippen LogP contribution in [-0.2, 0) is 15.0 Å². The predicted molar refractivity (Wildman–Crippen MR) is 82.7 cm³/mol. The molecule has 0 saturated heterocycles. The Balaban J connectivity index is 2.50. The van der Waals surface area contributed by atoms with E-state index >= 15 is 0 Å². The van der Waals surface area contributed by atoms with Crippen molar-refractivity contribution in [2.24, 2.45) is 5.73 Å². The molecule has 0 fully saturated rings. The zero-order chi connectivity index (χ0) is 15.3. The largest absolute Gasteiger partial charge is 0.368 e. The van der Waals surface area contributed by atoms with E-state index in [9.17, 15) is 9.59 Å². The van der Waals surface area contributed by atoms with Gasteiger partial charge in [0.1, 0.15) is 6.04 Å². The summed E-state index contributed by atoms with van der Waals surface area (Å²) in [6.07, 6.45) is 0. The first-order chi connectivity index (χ1) is 9.20. The number of primary amides is 1. The van der Waals surface area contributed by atoms with Crippen molar-refractivity contribution >= 4 is 23.6 Å². The molecule has 20 heavy (non-hydrogen) atoms. The molecule has 1 unspecified atom stereocenters. The molecule has 3 N–H and O–H groups in total. The Hall–Kier alpha value is -1.49. The van der Waals surface area contributed by atoms with Crippen LogP contribution in [0.3, 0.4) is 0 Å². The van der Waals surface area contributed by atoms with Gasteiger partial charge in [0.15, 0.2) is 0 Å². The summed E-state index contributed by atoms with van der Waals surface area (Å²) in [5.41, 5.74) is 6.47. The molecule has 0 aliphatic carbocycles. The Morgan fingerprint density at radius 2 is 1.80 bits per heavy atom. The van der Waals surface area contributed by atoms with Crippen LogP contribution < -0.4 is 11.1 Å². The number of hydrogen-bond acceptors (Lipinski definition) is 3. The van der Waals surface area contributed by atoms with Crippen LogP contribution >= 0.6 is 11.8 Å². The highest BCUT2D eigenvalue weighted by Gasteiger charge is 2.14. The van der Waals surface area contributed by atoms with Crippen molar-refractivity contribution in [3.63, 3.8) is 0 Å². The lowest BCUT2D eigenvalue weighted by Gasteiger charge is -2.19. The van der Waals surface area contributed by atoms with E-state index in [-0.39, 0.29) is 17.1 Å². The third-order valence-corrected chi connectivity index (χ3v) is 3.91. The highest BCUT2D eigenvalue weighted by Crippen LogP contribution is 2.25. The molecular weight excluding hydrogens is 272 g/mol. The average molecular weight is 294 g/mol. The fraction of sp³-hybridized carbons (Fsp3) is 0.467. The summed E-state index contributed by atoms with van der Waals surface area (Å²) >= 11 is 1.44. The monoisotopic (exact) mass is 294 g/mol. The SMILES string of the molecule is CC(NC(=O)CSc1ccc(C(C)(C)C)cc1)C(N)=O. The second-order valence-corrected chi connectivity index (χ2v) is 6.80. The van der Waals surface area contributed by atoms with Crippen LogP contribution in [0.25, 0.3) is 0 Å². The average Bonchev–Trinajstić information content (AvgIpc) is 2.35. The minimum absolute atomic E-state index is 0.123. The molecule has 1 atom stereocenters. The summed E-state index contributed by atoms with van der Waals surface area (Å²) in [4.78, 5) is 23.5. The van der Waals surface area contributed by atoms with E-state index < -0.39 is 11.9 Å². The van der Waals surface area contributed by atoms with Crippen molar-refractivity contribution in [3.8, 4) is 0 Å². The summed E-state index contributed by atoms with van der Waals surface area (Å²) in [5.74, 6) is -0.453. The molecule has 0 radical (unpaired) electrons. The molecule has 1 rings (SSSR count). The predicted octanol–water partition coefficient (Wildman–Crippen LogP) is 2.07. The number of nitrogens with one attached hydrogen (secondary N) is 1. The Bertz CT molecular complexity index is 478. The number of amides is 2. The summed E-state index contributed by atoms with van der Waals surface area (Å²) in [6, 6.07) is 7.54. The number of carbonyl (C=O) groups is 2. The van der Waals surface area contributed by atoms with Crippen molar-refractivity contribution in [2.45, 2.75) is 44.0 Å². The van der Waals surface area contributed by atoms with Crippen LogP contribution in [-0.4, -0.2) is 23.6 Å². The van der Waals surface area contributed by atoms with Crippen molar-refractivity contribution in [2.75, 3.05) is 5.75 Å². The smallest absolute Gasteiger partial charge is 0.239 e. The number of hydrogen-bond donors (Lipinski definition) is 2. The van der Waals surface area contributed by atoms with Gasteiger partial charge in [0, 0.05) is 4.90 Å². The van der Waals surface area contributed by atoms with Gasteiger partial charge < -0.3 is 11.1 Å². The Morgan fingerprint density at radius 1 is 1.25 bits per heavy atom. The minimum atomic E-state index is -0.633. The molecule has 2 amide bonds. The van der Waals surface area contributed by atoms with Gasteiger partial charge in [-0.3, -0.25) is 9.59 Å². The van der Waals surface area contributed by atoms with Gasteiger partial charge in [-0.15, -0.1) is 11.8 Å². The van der Waals surface area contributed by atoms with Crippen molar-refractivity contribution in [3.05, 3.63) is 29.8 Å². The van der Waals surface area contributed by atoms with Crippen LogP contribution in [0.1, 0.15) is 33.3 Å². The zero-order valence-corrected chi connectivity index (χ0v) is 13.2. The van der Waals surface area contributed by atoms with Crippen molar-refractivity contribution < 1.29 is 9.59 Å². The van der Waals surface area contributed by atoms with E-state index in [1.54, 1.807) is 6.92 Å². The number of benzene rings is 1. The maximum atomic E-state index is 11.6. The number of thioether (sulfide) groups is 1. The molecule has 0 aliphatic rings. The molecule has 4 nitrogen and oxygen atoms in total. The summed E-state index contributed by atoms with van der Waals surface area (Å²) in [5, 5.41) is 2.55. The van der Waals surface area contributed by atoms with E-state index in [1.807, 2.05) is 12.1 Å². The van der Waals surface area contributed by atoms with Gasteiger partial charge >= 0.3 is 0 Å². The first kappa shape index (κ1) is 16.6. The van der Waals surface area contributed by atoms with Gasteiger partial charge in [-0.2, -0.15) is 0 Å². The number of nitrogens with two attached hydrogens (primary N) is 1. The van der Waals surface area contributed by atoms with Crippen molar-refractivity contribution in [1.29, 1.82) is 0 Å². The fourth-order valence-electron chi connectivity index (χ4n) is 1.55. The molecular formula is C15H22N2O2S. The van der Waals surface area contributed by atoms with Gasteiger partial charge in [0.25, 0.3) is 0 Å². The van der Waals surface area contributed by atoms with E-state index in [0.29, 0.717) is 0 Å². The Labute approximate surface area is 124 Å². The van der Waals surface area contributed by atoms with Crippen molar-refractivity contribution in [1.82, 2.24) is 5.32 Å². The van der Waals surface area contributed by atoms with Gasteiger partial charge in [-0.25, -0.2) is 0 Å². The molecule has 0 saturated carbocycles. The zero-order valence-electron chi connectivity index (χ0n) is 12.4. The molecule has 1 aromatic rings. The van der Waals surface area contributed by atoms with Crippen LogP contribution in [0, 0.1) is 0 Å². The van der Waals surface area contributed by atoms with Crippen LogP contribution in [0.5, 0.6) is 0 Å². The second kappa shape index (κ2) is 6.79. The number of rotatable bonds is 5. The maximum absolute atomic E-state index is 11.6. The molecule has 0 aliphatic heterocycles. The Kier molecular flexibility index (Phi) is 5.62. The molecule has 0 spiro atoms. The van der Waals surface area contributed by atoms with Crippen LogP contribution in [0.15, 0.2) is 29.2 Å². The second-order valence-electron chi connectivity index (χ2n) is 5.75. The molecule has 110 valence electrons. The highest BCUT2D eigenvalue weighted by molar-refractivity contribution is 8.00. The van der Waals surface area contributed by atoms with E-state index in [2.05, 4.69) is 38.2 Å². The summed E-state index contributed by atoms with van der Waals surface area (Å²) in [6.45, 7) is 8.05. The molecule has 0 heterocycles. The molecule has 0 bridgehead atoms. The third-order valence-electron chi connectivity index (χ3n) is 2.89. The highest BCUT2D eigenvalue weighted by atomic mass is 32.2. The first-order valence-corrected chi connectivity index (χ1v) is 7.50. The topological polar surface area (TPSA) is 72.2 Å². The standard InChI is InChI=1S/C15H22N2O2S/c1-10(14(16)19)17-13(18)9-20-12-7-5-11(6-8-12)15(2,3)4/h5-8,10H,9H2,1-4H3,(H2,16,19)(H,17,18). The minimum Gasteiger partial charge on any atom is -0.368 e. The Morgan fingerprint density at radius 3 is 2.25 bits per heavy atom. The number of carbonyl (C=O) groups excluding carboxylic acids is 2. The van der Waals surface area contributed by atoms with Crippen LogP contribution in [0.2, 0.25) is 0 Å². The first-order valence-electron chi connectivity index (χ1n) is 6.52. The lowest BCUT2D eigenvalue weighted by atomic mass is 9.87. The van der Waals surface area contributed by atoms with Gasteiger partial charge in [-0.1, -0.05) is 32.9 Å². The summed E-state index contributed by atoms with van der Waals surface area (Å²) in [7, 11) is 0. The quantitative estimate of drug-likeness (QED) is 0.817. The van der Waals surface area contributed by atoms with Gasteiger partial charge in [-0.05, 0) is 30.0 Å². The van der Waals surface area contributed by atoms with E-state index in [1.165, 1.54) is 17.3 Å². The lowest BCUT2D eigenvalue weighted by molar-refractivity contribution is -0.125. The van der Waals surface area contributed by atoms with Crippen LogP contribution in [0.4, 0.5) is 0 Å². The normalized spacial score (nSPS) is 12.8. The lowest BCUT2D eigenvalue weighted by Crippen LogP contribution is -2.42. The maximum Gasteiger partial charge on any atom is 0.239 e. The summed E-state index contributed by atoms with van der Waals surface area (Å²) < 4.78 is 0. The van der Waals surface area contributed by atoms with E-state index in [0.717, 1.165) is 4.90 Å². The fourth-order valence-corrected chi connectivity index (χ4v) is 2.26. The van der Waals surface area contributed by atoms with Gasteiger partial charge in [0.05, 0.1) is 5.75 Å².